The van der Waals surface area contributed by atoms with E-state index in [4.69, 9.17) is 18.9 Å². The maximum Gasteiger partial charge on any atom is 0.220 e. The molecule has 12 atom stereocenters. The maximum atomic E-state index is 13.2. The molecule has 2 fully saturated rings. The average Bonchev–Trinajstić information content (AvgIpc) is 3.31. The minimum Gasteiger partial charge on any atom is -0.394 e. The highest BCUT2D eigenvalue weighted by molar-refractivity contribution is 5.76. The Labute approximate surface area is 396 Å². The highest BCUT2D eigenvalue weighted by Crippen LogP contribution is 2.30. The summed E-state index contributed by atoms with van der Waals surface area (Å²) >= 11 is 0. The second-order valence-corrected chi connectivity index (χ2v) is 17.9. The summed E-state index contributed by atoms with van der Waals surface area (Å²) in [6, 6.07) is -0.942. The number of hydrogen-bond acceptors (Lipinski definition) is 13. The van der Waals surface area contributed by atoms with Gasteiger partial charge in [-0.25, -0.2) is 0 Å². The van der Waals surface area contributed by atoms with Gasteiger partial charge in [-0.2, -0.15) is 0 Å². The first-order valence-corrected chi connectivity index (χ1v) is 25.5. The van der Waals surface area contributed by atoms with Crippen LogP contribution in [0.15, 0.2) is 60.8 Å². The Morgan fingerprint density at radius 1 is 0.545 bits per heavy atom. The number of hydrogen-bond donors (Lipinski definition) is 9. The number of unbranched alkanes of at least 4 members (excludes halogenated alkanes) is 17. The fourth-order valence-electron chi connectivity index (χ4n) is 7.94. The van der Waals surface area contributed by atoms with Gasteiger partial charge in [0.05, 0.1) is 32.0 Å². The van der Waals surface area contributed by atoms with Gasteiger partial charge in [0.1, 0.15) is 48.8 Å². The topological polar surface area (TPSA) is 228 Å². The number of aliphatic hydroxyl groups excluding tert-OH is 8. The Kier molecular flexibility index (Phi) is 34.9. The summed E-state index contributed by atoms with van der Waals surface area (Å²) in [4.78, 5) is 13.2. The standard InChI is InChI=1S/C52H91NO13/c1-3-5-7-9-11-13-15-17-19-20-22-24-26-28-30-32-34-36-44(57)53-40(41(56)35-33-31-29-27-25-23-21-18-16-14-12-10-8-6-4-2)39-63-51-49(62)47(60)50(43(38-55)65-51)66-52-48(61)46(59)45(58)42(37-54)64-52/h11,13,16-19,25,27,33,35,40-43,45-52,54-56,58-62H,3-10,12,14-15,20-24,26,28-32,34,36-39H2,1-2H3,(H,53,57)/b13-11-,18-16+,19-17-,27-25+,35-33+. The van der Waals surface area contributed by atoms with Crippen LogP contribution in [0, 0.1) is 0 Å². The van der Waals surface area contributed by atoms with Crippen molar-refractivity contribution in [2.75, 3.05) is 19.8 Å². The normalized spacial score (nSPS) is 27.3. The number of carbonyl (C=O) groups excluding carboxylic acids is 1. The third kappa shape index (κ3) is 25.3. The molecule has 1 amide bonds. The van der Waals surface area contributed by atoms with Gasteiger partial charge in [0.2, 0.25) is 5.91 Å². The van der Waals surface area contributed by atoms with E-state index in [1.807, 2.05) is 6.08 Å². The maximum absolute atomic E-state index is 13.2. The molecule has 14 nitrogen and oxygen atoms in total. The molecule has 2 aliphatic rings. The summed E-state index contributed by atoms with van der Waals surface area (Å²) in [5.41, 5.74) is 0. The first-order chi connectivity index (χ1) is 32.1. The lowest BCUT2D eigenvalue weighted by atomic mass is 9.97. The van der Waals surface area contributed by atoms with Crippen molar-refractivity contribution in [3.05, 3.63) is 60.8 Å². The zero-order valence-electron chi connectivity index (χ0n) is 40.4. The molecule has 66 heavy (non-hydrogen) atoms. The van der Waals surface area contributed by atoms with Crippen molar-refractivity contribution in [2.24, 2.45) is 0 Å². The van der Waals surface area contributed by atoms with E-state index < -0.39 is 86.8 Å². The molecular weight excluding hydrogens is 847 g/mol. The van der Waals surface area contributed by atoms with Crippen molar-refractivity contribution in [1.29, 1.82) is 0 Å². The van der Waals surface area contributed by atoms with E-state index >= 15 is 0 Å². The Bertz CT molecular complexity index is 1340. The first-order valence-electron chi connectivity index (χ1n) is 25.5. The average molecular weight is 938 g/mol. The van der Waals surface area contributed by atoms with E-state index in [1.165, 1.54) is 70.6 Å². The highest BCUT2D eigenvalue weighted by atomic mass is 16.7. The third-order valence-corrected chi connectivity index (χ3v) is 12.2. The van der Waals surface area contributed by atoms with Crippen LogP contribution in [0.3, 0.4) is 0 Å². The number of nitrogens with one attached hydrogen (secondary N) is 1. The van der Waals surface area contributed by atoms with Crippen LogP contribution < -0.4 is 5.32 Å². The summed E-state index contributed by atoms with van der Waals surface area (Å²) in [6.07, 6.45) is 29.7. The van der Waals surface area contributed by atoms with Gasteiger partial charge in [0, 0.05) is 6.42 Å². The number of rotatable bonds is 38. The van der Waals surface area contributed by atoms with Crippen LogP contribution in [0.4, 0.5) is 0 Å². The second kappa shape index (κ2) is 38.5. The molecule has 12 unspecified atom stereocenters. The molecule has 2 heterocycles. The monoisotopic (exact) mass is 938 g/mol. The number of ether oxygens (including phenoxy) is 4. The summed E-state index contributed by atoms with van der Waals surface area (Å²) in [5.74, 6) is -0.265. The van der Waals surface area contributed by atoms with Crippen LogP contribution in [0.1, 0.15) is 168 Å². The predicted octanol–water partition coefficient (Wildman–Crippen LogP) is 6.66. The molecule has 382 valence electrons. The van der Waals surface area contributed by atoms with Crippen molar-refractivity contribution in [3.8, 4) is 0 Å². The first kappa shape index (κ1) is 59.8. The summed E-state index contributed by atoms with van der Waals surface area (Å²) in [5, 5.41) is 86.7. The lowest BCUT2D eigenvalue weighted by molar-refractivity contribution is -0.359. The molecule has 2 saturated heterocycles. The Morgan fingerprint density at radius 3 is 1.61 bits per heavy atom. The smallest absolute Gasteiger partial charge is 0.220 e. The van der Waals surface area contributed by atoms with E-state index in [1.54, 1.807) is 6.08 Å². The van der Waals surface area contributed by atoms with Crippen molar-refractivity contribution in [2.45, 2.75) is 242 Å². The van der Waals surface area contributed by atoms with E-state index in [2.05, 4.69) is 67.8 Å². The second-order valence-electron chi connectivity index (χ2n) is 17.9. The van der Waals surface area contributed by atoms with Gasteiger partial charge < -0.3 is 65.1 Å². The molecule has 14 heteroatoms. The Balaban J connectivity index is 1.88. The SMILES string of the molecule is CCCCC/C=C\C/C=C\CCCCCCCCCC(=O)NC(COC1OC(CO)C(OC2OC(CO)C(O)C(O)C2O)C(O)C1O)C(O)/C=C/CC/C=C/CC/C=C/CCCCCCC. The summed E-state index contributed by atoms with van der Waals surface area (Å²) < 4.78 is 22.7. The lowest BCUT2D eigenvalue weighted by Crippen LogP contribution is -2.65. The Hall–Kier alpha value is -2.31. The quantitative estimate of drug-likeness (QED) is 0.0234. The molecule has 0 bridgehead atoms. The minimum absolute atomic E-state index is 0.258. The molecule has 0 radical (unpaired) electrons. The van der Waals surface area contributed by atoms with E-state index in [-0.39, 0.29) is 18.9 Å². The van der Waals surface area contributed by atoms with Crippen LogP contribution >= 0.6 is 0 Å². The third-order valence-electron chi connectivity index (χ3n) is 12.2. The van der Waals surface area contributed by atoms with Crippen LogP contribution in [0.2, 0.25) is 0 Å². The van der Waals surface area contributed by atoms with Crippen LogP contribution in [-0.2, 0) is 23.7 Å². The summed E-state index contributed by atoms with van der Waals surface area (Å²) in [6.45, 7) is 2.69. The molecular formula is C52H91NO13. The molecule has 9 N–H and O–H groups in total. The van der Waals surface area contributed by atoms with E-state index in [9.17, 15) is 45.6 Å². The molecule has 0 aromatic carbocycles. The summed E-state index contributed by atoms with van der Waals surface area (Å²) in [7, 11) is 0. The number of allylic oxidation sites excluding steroid dienone is 9. The van der Waals surface area contributed by atoms with Crippen LogP contribution in [0.25, 0.3) is 0 Å². The van der Waals surface area contributed by atoms with Gasteiger partial charge in [0.25, 0.3) is 0 Å². The van der Waals surface area contributed by atoms with Crippen molar-refractivity contribution in [1.82, 2.24) is 5.32 Å². The molecule has 0 aromatic rings. The minimum atomic E-state index is -1.79. The molecule has 0 aromatic heterocycles. The van der Waals surface area contributed by atoms with Crippen LogP contribution in [0.5, 0.6) is 0 Å². The number of aliphatic hydroxyl groups is 8. The van der Waals surface area contributed by atoms with Gasteiger partial charge in [-0.3, -0.25) is 4.79 Å². The van der Waals surface area contributed by atoms with Gasteiger partial charge >= 0.3 is 0 Å². The van der Waals surface area contributed by atoms with Crippen molar-refractivity contribution in [3.63, 3.8) is 0 Å². The van der Waals surface area contributed by atoms with E-state index in [0.717, 1.165) is 64.2 Å². The molecule has 2 rings (SSSR count). The van der Waals surface area contributed by atoms with Gasteiger partial charge in [-0.15, -0.1) is 0 Å². The molecule has 0 aliphatic carbocycles. The highest BCUT2D eigenvalue weighted by Gasteiger charge is 2.51. The fraction of sp³-hybridized carbons (Fsp3) is 0.788. The largest absolute Gasteiger partial charge is 0.394 e. The predicted molar refractivity (Wildman–Crippen MR) is 258 cm³/mol. The fourth-order valence-corrected chi connectivity index (χ4v) is 7.94. The zero-order valence-corrected chi connectivity index (χ0v) is 40.4. The van der Waals surface area contributed by atoms with Crippen molar-refractivity contribution >= 4 is 5.91 Å². The molecule has 0 spiro atoms. The van der Waals surface area contributed by atoms with E-state index in [0.29, 0.717) is 12.8 Å². The Morgan fingerprint density at radius 2 is 1.02 bits per heavy atom. The molecule has 0 saturated carbocycles. The number of amides is 1. The van der Waals surface area contributed by atoms with Gasteiger partial charge in [0.15, 0.2) is 12.6 Å². The number of carbonyl (C=O) groups is 1. The van der Waals surface area contributed by atoms with Crippen molar-refractivity contribution < 1.29 is 64.6 Å². The van der Waals surface area contributed by atoms with Crippen LogP contribution in [-0.4, -0.2) is 140 Å². The van der Waals surface area contributed by atoms with Gasteiger partial charge in [-0.05, 0) is 77.0 Å². The van der Waals surface area contributed by atoms with Gasteiger partial charge in [-0.1, -0.05) is 145 Å². The molecule has 2 aliphatic heterocycles. The lowest BCUT2D eigenvalue weighted by Gasteiger charge is -2.46. The zero-order chi connectivity index (χ0) is 48.2.